The molecule has 0 spiro atoms. The van der Waals surface area contributed by atoms with Crippen molar-refractivity contribution in [1.82, 2.24) is 0 Å². The lowest BCUT2D eigenvalue weighted by molar-refractivity contribution is -0.136. The van der Waals surface area contributed by atoms with Crippen LogP contribution in [0.4, 0.5) is 0 Å². The van der Waals surface area contributed by atoms with Gasteiger partial charge in [-0.2, -0.15) is 0 Å². The third-order valence-corrected chi connectivity index (χ3v) is 3.28. The number of carboxylic acid groups (broad SMARTS) is 1. The molecule has 2 aromatic carbocycles. The summed E-state index contributed by atoms with van der Waals surface area (Å²) in [7, 11) is 0. The van der Waals surface area contributed by atoms with E-state index in [0.717, 1.165) is 5.56 Å². The Morgan fingerprint density at radius 3 is 2.00 bits per heavy atom. The normalized spacial score (nSPS) is 12.4. The molecule has 0 amide bonds. The third kappa shape index (κ3) is 4.00. The second-order valence-corrected chi connectivity index (χ2v) is 4.92. The number of hydrogen-bond donors (Lipinski definition) is 3. The largest absolute Gasteiger partial charge is 0.508 e. The van der Waals surface area contributed by atoms with Gasteiger partial charge in [-0.3, -0.25) is 4.79 Å². The number of alkyl halides is 1. The van der Waals surface area contributed by atoms with Crippen LogP contribution in [-0.4, -0.2) is 21.3 Å². The lowest BCUT2D eigenvalue weighted by atomic mass is 10.1. The lowest BCUT2D eigenvalue weighted by Gasteiger charge is -2.04. The van der Waals surface area contributed by atoms with Gasteiger partial charge < -0.3 is 15.3 Å². The Kier molecular flexibility index (Phi) is 4.50. The Morgan fingerprint density at radius 1 is 0.952 bits per heavy atom. The van der Waals surface area contributed by atoms with Crippen LogP contribution in [0, 0.1) is 0 Å². The van der Waals surface area contributed by atoms with Gasteiger partial charge in [0.15, 0.2) is 5.38 Å². The zero-order valence-corrected chi connectivity index (χ0v) is 11.7. The average Bonchev–Trinajstić information content (AvgIpc) is 2.44. The Bertz CT molecular complexity index is 657. The molecule has 5 heteroatoms. The summed E-state index contributed by atoms with van der Waals surface area (Å²) in [6.07, 6.45) is 3.51. The van der Waals surface area contributed by atoms with Crippen molar-refractivity contribution in [3.8, 4) is 11.5 Å². The van der Waals surface area contributed by atoms with E-state index in [2.05, 4.69) is 0 Å². The summed E-state index contributed by atoms with van der Waals surface area (Å²) in [6.45, 7) is 0. The highest BCUT2D eigenvalue weighted by atomic mass is 35.5. The molecule has 4 nitrogen and oxygen atoms in total. The monoisotopic (exact) mass is 304 g/mol. The standard InChI is InChI=1S/C16H13ClO4/c17-15(16(20)21)12-5-3-10(4-6-12)1-2-11-7-13(18)9-14(19)8-11/h1-9,15,18-19H,(H,20,21). The van der Waals surface area contributed by atoms with Gasteiger partial charge in [0, 0.05) is 6.07 Å². The van der Waals surface area contributed by atoms with E-state index in [1.807, 2.05) is 0 Å². The van der Waals surface area contributed by atoms with Crippen molar-refractivity contribution < 1.29 is 20.1 Å². The summed E-state index contributed by atoms with van der Waals surface area (Å²) in [5.41, 5.74) is 2.00. The average molecular weight is 305 g/mol. The van der Waals surface area contributed by atoms with Crippen molar-refractivity contribution >= 4 is 29.7 Å². The molecule has 0 aliphatic rings. The van der Waals surface area contributed by atoms with Crippen molar-refractivity contribution in [3.63, 3.8) is 0 Å². The Hall–Kier alpha value is -2.46. The number of carboxylic acids is 1. The fourth-order valence-corrected chi connectivity index (χ4v) is 1.97. The SMILES string of the molecule is O=C(O)C(Cl)c1ccc(C=Cc2cc(O)cc(O)c2)cc1. The maximum Gasteiger partial charge on any atom is 0.326 e. The summed E-state index contributed by atoms with van der Waals surface area (Å²) < 4.78 is 0. The summed E-state index contributed by atoms with van der Waals surface area (Å²) in [4.78, 5) is 10.8. The molecule has 108 valence electrons. The van der Waals surface area contributed by atoms with E-state index >= 15 is 0 Å². The van der Waals surface area contributed by atoms with E-state index in [4.69, 9.17) is 16.7 Å². The molecule has 0 aliphatic heterocycles. The zero-order valence-electron chi connectivity index (χ0n) is 10.9. The molecule has 0 radical (unpaired) electrons. The minimum absolute atomic E-state index is 0.0172. The van der Waals surface area contributed by atoms with Gasteiger partial charge >= 0.3 is 5.97 Å². The molecule has 0 aromatic heterocycles. The number of benzene rings is 2. The quantitative estimate of drug-likeness (QED) is 0.595. The number of hydrogen-bond acceptors (Lipinski definition) is 3. The predicted octanol–water partition coefficient (Wildman–Crippen LogP) is 3.63. The van der Waals surface area contributed by atoms with E-state index in [9.17, 15) is 15.0 Å². The van der Waals surface area contributed by atoms with Crippen LogP contribution in [-0.2, 0) is 4.79 Å². The van der Waals surface area contributed by atoms with E-state index < -0.39 is 11.3 Å². The van der Waals surface area contributed by atoms with E-state index in [0.29, 0.717) is 11.1 Å². The topological polar surface area (TPSA) is 77.8 Å². The first-order valence-electron chi connectivity index (χ1n) is 6.13. The van der Waals surface area contributed by atoms with Crippen LogP contribution in [0.25, 0.3) is 12.2 Å². The van der Waals surface area contributed by atoms with Crippen molar-refractivity contribution in [2.75, 3.05) is 0 Å². The third-order valence-electron chi connectivity index (χ3n) is 2.84. The van der Waals surface area contributed by atoms with Gasteiger partial charge in [-0.1, -0.05) is 36.4 Å². The Labute approximate surface area is 126 Å². The van der Waals surface area contributed by atoms with Crippen LogP contribution in [0.3, 0.4) is 0 Å². The Morgan fingerprint density at radius 2 is 1.48 bits per heavy atom. The van der Waals surface area contributed by atoms with Crippen molar-refractivity contribution in [3.05, 3.63) is 59.2 Å². The molecule has 3 N–H and O–H groups in total. The van der Waals surface area contributed by atoms with Crippen LogP contribution in [0.15, 0.2) is 42.5 Å². The number of rotatable bonds is 4. The lowest BCUT2D eigenvalue weighted by Crippen LogP contribution is -2.04. The highest BCUT2D eigenvalue weighted by Gasteiger charge is 2.15. The number of aliphatic carboxylic acids is 1. The molecule has 1 atom stereocenters. The van der Waals surface area contributed by atoms with Gasteiger partial charge in [0.2, 0.25) is 0 Å². The predicted molar refractivity (Wildman–Crippen MR) is 81.4 cm³/mol. The molecule has 0 aliphatic carbocycles. The first-order valence-corrected chi connectivity index (χ1v) is 6.57. The minimum Gasteiger partial charge on any atom is -0.508 e. The second kappa shape index (κ2) is 6.33. The number of carbonyl (C=O) groups is 1. The number of phenols is 2. The van der Waals surface area contributed by atoms with Crippen LogP contribution < -0.4 is 0 Å². The first kappa shape index (κ1) is 14.9. The van der Waals surface area contributed by atoms with E-state index in [1.165, 1.54) is 18.2 Å². The van der Waals surface area contributed by atoms with Gasteiger partial charge in [0.05, 0.1) is 0 Å². The van der Waals surface area contributed by atoms with E-state index in [1.54, 1.807) is 36.4 Å². The molecular formula is C16H13ClO4. The second-order valence-electron chi connectivity index (χ2n) is 4.48. The molecule has 1 unspecified atom stereocenters. The highest BCUT2D eigenvalue weighted by Crippen LogP contribution is 2.23. The maximum atomic E-state index is 10.8. The minimum atomic E-state index is -1.09. The fraction of sp³-hybridized carbons (Fsp3) is 0.0625. The van der Waals surface area contributed by atoms with Crippen LogP contribution >= 0.6 is 11.6 Å². The maximum absolute atomic E-state index is 10.8. The zero-order chi connectivity index (χ0) is 15.4. The molecule has 0 saturated carbocycles. The smallest absolute Gasteiger partial charge is 0.326 e. The summed E-state index contributed by atoms with van der Waals surface area (Å²) >= 11 is 5.73. The van der Waals surface area contributed by atoms with Crippen LogP contribution in [0.1, 0.15) is 22.1 Å². The van der Waals surface area contributed by atoms with Gasteiger partial charge in [0.1, 0.15) is 11.5 Å². The Balaban J connectivity index is 2.16. The molecule has 2 aromatic rings. The highest BCUT2D eigenvalue weighted by molar-refractivity contribution is 6.29. The summed E-state index contributed by atoms with van der Waals surface area (Å²) in [5, 5.41) is 26.5. The van der Waals surface area contributed by atoms with Crippen molar-refractivity contribution in [2.24, 2.45) is 0 Å². The molecule has 0 heterocycles. The fourth-order valence-electron chi connectivity index (χ4n) is 1.83. The number of halogens is 1. The van der Waals surface area contributed by atoms with Gasteiger partial charge in [-0.25, -0.2) is 0 Å². The molecule has 0 bridgehead atoms. The summed E-state index contributed by atoms with van der Waals surface area (Å²) in [5.74, 6) is -1.12. The van der Waals surface area contributed by atoms with Crippen LogP contribution in [0.5, 0.6) is 11.5 Å². The molecule has 0 fully saturated rings. The van der Waals surface area contributed by atoms with Crippen molar-refractivity contribution in [2.45, 2.75) is 5.38 Å². The van der Waals surface area contributed by atoms with Gasteiger partial charge in [-0.05, 0) is 28.8 Å². The van der Waals surface area contributed by atoms with E-state index in [-0.39, 0.29) is 11.5 Å². The first-order chi connectivity index (χ1) is 9.95. The van der Waals surface area contributed by atoms with Gasteiger partial charge in [0.25, 0.3) is 0 Å². The van der Waals surface area contributed by atoms with Crippen molar-refractivity contribution in [1.29, 1.82) is 0 Å². The number of aromatic hydroxyl groups is 2. The van der Waals surface area contributed by atoms with Crippen LogP contribution in [0.2, 0.25) is 0 Å². The molecule has 0 saturated heterocycles. The summed E-state index contributed by atoms with van der Waals surface area (Å²) in [6, 6.07) is 11.1. The molecule has 2 rings (SSSR count). The molecule has 21 heavy (non-hydrogen) atoms. The number of phenolic OH excluding ortho intramolecular Hbond substituents is 2. The van der Waals surface area contributed by atoms with Gasteiger partial charge in [-0.15, -0.1) is 11.6 Å². The molecular weight excluding hydrogens is 292 g/mol.